The summed E-state index contributed by atoms with van der Waals surface area (Å²) >= 11 is 0. The summed E-state index contributed by atoms with van der Waals surface area (Å²) in [6.07, 6.45) is 1.10. The molecule has 0 aliphatic carbocycles. The lowest BCUT2D eigenvalue weighted by atomic mass is 10.1. The highest BCUT2D eigenvalue weighted by atomic mass is 16.6. The first-order valence-electron chi connectivity index (χ1n) is 6.20. The molecule has 0 radical (unpaired) electrons. The molecule has 1 aliphatic rings. The van der Waals surface area contributed by atoms with Crippen molar-refractivity contribution < 1.29 is 9.66 Å². The standard InChI is InChI=1S/C13H18N2O3/c1-10-12(3-2-4-13(10)15(16)17)8-14-7-11-5-6-18-9-11/h2-4,11,14H,5-9H2,1H3. The van der Waals surface area contributed by atoms with Crippen LogP contribution in [0.2, 0.25) is 0 Å². The average Bonchev–Trinajstić information content (AvgIpc) is 2.84. The summed E-state index contributed by atoms with van der Waals surface area (Å²) in [5.74, 6) is 0.573. The van der Waals surface area contributed by atoms with Gasteiger partial charge in [0.25, 0.3) is 5.69 Å². The first kappa shape index (κ1) is 13.0. The molecule has 0 aromatic heterocycles. The number of nitrogens with one attached hydrogen (secondary N) is 1. The van der Waals surface area contributed by atoms with Gasteiger partial charge in [0, 0.05) is 31.3 Å². The van der Waals surface area contributed by atoms with Crippen LogP contribution in [0.25, 0.3) is 0 Å². The van der Waals surface area contributed by atoms with Gasteiger partial charge in [-0.15, -0.1) is 0 Å². The summed E-state index contributed by atoms with van der Waals surface area (Å²) in [7, 11) is 0. The van der Waals surface area contributed by atoms with Crippen LogP contribution in [0.1, 0.15) is 17.5 Å². The Morgan fingerprint density at radius 1 is 1.56 bits per heavy atom. The number of benzene rings is 1. The van der Waals surface area contributed by atoms with E-state index in [4.69, 9.17) is 4.74 Å². The van der Waals surface area contributed by atoms with Crippen LogP contribution in [0.3, 0.4) is 0 Å². The quantitative estimate of drug-likeness (QED) is 0.641. The number of hydrogen-bond donors (Lipinski definition) is 1. The second kappa shape index (κ2) is 5.93. The molecule has 98 valence electrons. The number of nitrogens with zero attached hydrogens (tertiary/aromatic N) is 1. The van der Waals surface area contributed by atoms with E-state index in [2.05, 4.69) is 5.32 Å². The minimum atomic E-state index is -0.330. The van der Waals surface area contributed by atoms with Crippen LogP contribution in [0.5, 0.6) is 0 Å². The van der Waals surface area contributed by atoms with Gasteiger partial charge in [0.2, 0.25) is 0 Å². The molecule has 1 aromatic carbocycles. The number of ether oxygens (including phenoxy) is 1. The van der Waals surface area contributed by atoms with Crippen molar-refractivity contribution in [2.45, 2.75) is 19.9 Å². The predicted octanol–water partition coefficient (Wildman–Crippen LogP) is 2.03. The van der Waals surface area contributed by atoms with Gasteiger partial charge in [-0.3, -0.25) is 10.1 Å². The van der Waals surface area contributed by atoms with E-state index < -0.39 is 0 Å². The van der Waals surface area contributed by atoms with Crippen molar-refractivity contribution in [1.82, 2.24) is 5.32 Å². The van der Waals surface area contributed by atoms with E-state index >= 15 is 0 Å². The largest absolute Gasteiger partial charge is 0.381 e. The van der Waals surface area contributed by atoms with Crippen molar-refractivity contribution in [3.05, 3.63) is 39.4 Å². The molecule has 1 heterocycles. The molecule has 0 amide bonds. The Morgan fingerprint density at radius 2 is 2.39 bits per heavy atom. The molecule has 2 rings (SSSR count). The Morgan fingerprint density at radius 3 is 3.06 bits per heavy atom. The van der Waals surface area contributed by atoms with Crippen molar-refractivity contribution in [2.75, 3.05) is 19.8 Å². The summed E-state index contributed by atoms with van der Waals surface area (Å²) in [6.45, 7) is 5.04. The molecule has 18 heavy (non-hydrogen) atoms. The highest BCUT2D eigenvalue weighted by Gasteiger charge is 2.16. The molecule has 0 saturated carbocycles. The molecule has 1 fully saturated rings. The van der Waals surface area contributed by atoms with Crippen molar-refractivity contribution in [2.24, 2.45) is 5.92 Å². The topological polar surface area (TPSA) is 64.4 Å². The molecule has 1 aromatic rings. The molecule has 1 atom stereocenters. The van der Waals surface area contributed by atoms with Crippen molar-refractivity contribution in [1.29, 1.82) is 0 Å². The zero-order chi connectivity index (χ0) is 13.0. The van der Waals surface area contributed by atoms with Crippen molar-refractivity contribution in [3.63, 3.8) is 0 Å². The lowest BCUT2D eigenvalue weighted by Gasteiger charge is -2.11. The fraction of sp³-hybridized carbons (Fsp3) is 0.538. The fourth-order valence-corrected chi connectivity index (χ4v) is 2.21. The van der Waals surface area contributed by atoms with Crippen molar-refractivity contribution in [3.8, 4) is 0 Å². The highest BCUT2D eigenvalue weighted by molar-refractivity contribution is 5.44. The van der Waals surface area contributed by atoms with E-state index in [1.54, 1.807) is 19.1 Å². The van der Waals surface area contributed by atoms with Crippen LogP contribution < -0.4 is 5.32 Å². The summed E-state index contributed by atoms with van der Waals surface area (Å²) < 4.78 is 5.30. The third-order valence-electron chi connectivity index (χ3n) is 3.39. The molecular weight excluding hydrogens is 232 g/mol. The Kier molecular flexibility index (Phi) is 4.28. The van der Waals surface area contributed by atoms with E-state index in [9.17, 15) is 10.1 Å². The van der Waals surface area contributed by atoms with Gasteiger partial charge in [0.1, 0.15) is 0 Å². The number of hydrogen-bond acceptors (Lipinski definition) is 4. The molecule has 1 N–H and O–H groups in total. The maximum absolute atomic E-state index is 10.8. The predicted molar refractivity (Wildman–Crippen MR) is 68.5 cm³/mol. The molecule has 0 bridgehead atoms. The lowest BCUT2D eigenvalue weighted by molar-refractivity contribution is -0.385. The van der Waals surface area contributed by atoms with E-state index in [1.165, 1.54) is 0 Å². The van der Waals surface area contributed by atoms with Gasteiger partial charge in [0.05, 0.1) is 11.5 Å². The van der Waals surface area contributed by atoms with Crippen molar-refractivity contribution >= 4 is 5.69 Å². The first-order valence-corrected chi connectivity index (χ1v) is 6.20. The normalized spacial score (nSPS) is 19.1. The van der Waals surface area contributed by atoms with Gasteiger partial charge in [0.15, 0.2) is 0 Å². The molecule has 5 heteroatoms. The Bertz CT molecular complexity index is 428. The molecule has 1 saturated heterocycles. The smallest absolute Gasteiger partial charge is 0.272 e. The number of nitro benzene ring substituents is 1. The van der Waals surface area contributed by atoms with Crippen LogP contribution in [-0.2, 0) is 11.3 Å². The highest BCUT2D eigenvalue weighted by Crippen LogP contribution is 2.21. The Labute approximate surface area is 106 Å². The molecule has 1 aliphatic heterocycles. The molecule has 5 nitrogen and oxygen atoms in total. The third-order valence-corrected chi connectivity index (χ3v) is 3.39. The monoisotopic (exact) mass is 250 g/mol. The maximum atomic E-state index is 10.8. The minimum absolute atomic E-state index is 0.193. The van der Waals surface area contributed by atoms with Crippen LogP contribution in [0.15, 0.2) is 18.2 Å². The van der Waals surface area contributed by atoms with Crippen LogP contribution >= 0.6 is 0 Å². The number of nitro groups is 1. The first-order chi connectivity index (χ1) is 8.68. The maximum Gasteiger partial charge on any atom is 0.272 e. The summed E-state index contributed by atoms with van der Waals surface area (Å²) in [6, 6.07) is 5.21. The zero-order valence-corrected chi connectivity index (χ0v) is 10.5. The zero-order valence-electron chi connectivity index (χ0n) is 10.5. The van der Waals surface area contributed by atoms with Gasteiger partial charge >= 0.3 is 0 Å². The van der Waals surface area contributed by atoms with Crippen LogP contribution in [0, 0.1) is 23.0 Å². The van der Waals surface area contributed by atoms with Gasteiger partial charge in [-0.2, -0.15) is 0 Å². The second-order valence-corrected chi connectivity index (χ2v) is 4.68. The van der Waals surface area contributed by atoms with Gasteiger partial charge in [-0.05, 0) is 24.8 Å². The van der Waals surface area contributed by atoms with Crippen LogP contribution in [-0.4, -0.2) is 24.7 Å². The summed E-state index contributed by atoms with van der Waals surface area (Å²) in [4.78, 5) is 10.5. The minimum Gasteiger partial charge on any atom is -0.381 e. The van der Waals surface area contributed by atoms with E-state index in [0.29, 0.717) is 12.5 Å². The van der Waals surface area contributed by atoms with Gasteiger partial charge in [-0.25, -0.2) is 0 Å². The Balaban J connectivity index is 1.92. The van der Waals surface area contributed by atoms with Gasteiger partial charge < -0.3 is 10.1 Å². The SMILES string of the molecule is Cc1c(CNCC2CCOC2)cccc1[N+](=O)[O-]. The molecular formula is C13H18N2O3. The second-order valence-electron chi connectivity index (χ2n) is 4.68. The van der Waals surface area contributed by atoms with Crippen LogP contribution in [0.4, 0.5) is 5.69 Å². The summed E-state index contributed by atoms with van der Waals surface area (Å²) in [5.41, 5.74) is 1.93. The van der Waals surface area contributed by atoms with Gasteiger partial charge in [-0.1, -0.05) is 12.1 Å². The molecule has 0 spiro atoms. The van der Waals surface area contributed by atoms with E-state index in [1.807, 2.05) is 6.07 Å². The Hall–Kier alpha value is -1.46. The lowest BCUT2D eigenvalue weighted by Crippen LogP contribution is -2.23. The average molecular weight is 250 g/mol. The van der Waals surface area contributed by atoms with E-state index in [-0.39, 0.29) is 10.6 Å². The molecule has 1 unspecified atom stereocenters. The number of rotatable bonds is 5. The fourth-order valence-electron chi connectivity index (χ4n) is 2.21. The summed E-state index contributed by atoms with van der Waals surface area (Å²) in [5, 5.41) is 14.2. The third kappa shape index (κ3) is 3.05. The van der Waals surface area contributed by atoms with E-state index in [0.717, 1.165) is 37.3 Å².